The summed E-state index contributed by atoms with van der Waals surface area (Å²) in [6.45, 7) is 6.38. The average Bonchev–Trinajstić information content (AvgIpc) is 3.12. The number of carbonyl (C=O) groups is 2. The van der Waals surface area contributed by atoms with Gasteiger partial charge in [0.15, 0.2) is 11.5 Å². The number of furan rings is 1. The van der Waals surface area contributed by atoms with Gasteiger partial charge in [-0.15, -0.1) is 0 Å². The number of carbonyl (C=O) groups excluding carboxylic acids is 2. The molecule has 7 heteroatoms. The van der Waals surface area contributed by atoms with E-state index in [4.69, 9.17) is 13.9 Å². The van der Waals surface area contributed by atoms with Crippen LogP contribution in [0.5, 0.6) is 11.5 Å². The lowest BCUT2D eigenvalue weighted by Crippen LogP contribution is -2.51. The number of nitrogens with one attached hydrogen (secondary N) is 2. The third-order valence-electron chi connectivity index (χ3n) is 5.14. The first kappa shape index (κ1) is 19.8. The number of ether oxygens (including phenoxy) is 2. The van der Waals surface area contributed by atoms with Crippen LogP contribution in [0.25, 0.3) is 11.0 Å². The molecular formula is C23H24N2O5. The highest BCUT2D eigenvalue weighted by molar-refractivity contribution is 5.90. The monoisotopic (exact) mass is 408 g/mol. The van der Waals surface area contributed by atoms with Gasteiger partial charge in [0.2, 0.25) is 12.0 Å². The maximum atomic E-state index is 12.4. The second-order valence-corrected chi connectivity index (χ2v) is 7.70. The molecular weight excluding hydrogens is 384 g/mol. The van der Waals surface area contributed by atoms with Crippen molar-refractivity contribution >= 4 is 22.8 Å². The van der Waals surface area contributed by atoms with Crippen LogP contribution in [0.4, 0.5) is 0 Å². The van der Waals surface area contributed by atoms with E-state index in [0.717, 1.165) is 22.1 Å². The zero-order valence-electron chi connectivity index (χ0n) is 17.2. The van der Waals surface area contributed by atoms with Gasteiger partial charge in [-0.05, 0) is 48.2 Å². The van der Waals surface area contributed by atoms with Crippen LogP contribution in [-0.2, 0) is 16.0 Å². The van der Waals surface area contributed by atoms with Crippen molar-refractivity contribution < 1.29 is 23.5 Å². The standard InChI is InChI=1S/C23H24N2O5/c1-13(2)16-10-17-15(11-28-20(17)8-14(16)3)9-22(26)24-25-23(27)21-12-29-18-6-4-5-7-19(18)30-21/h4-8,10-11,13,21H,9,12H2,1-3H3,(H,24,26)(H,25,27). The van der Waals surface area contributed by atoms with Gasteiger partial charge in [0.25, 0.3) is 5.91 Å². The molecule has 1 aromatic heterocycles. The highest BCUT2D eigenvalue weighted by Crippen LogP contribution is 2.31. The molecule has 4 rings (SSSR count). The fourth-order valence-corrected chi connectivity index (χ4v) is 3.58. The number of fused-ring (bicyclic) bond motifs is 2. The Labute approximate surface area is 174 Å². The number of benzene rings is 2. The number of aryl methyl sites for hydroxylation is 1. The summed E-state index contributed by atoms with van der Waals surface area (Å²) in [6.07, 6.45) is 0.829. The zero-order valence-corrected chi connectivity index (χ0v) is 17.2. The molecule has 0 aliphatic carbocycles. The van der Waals surface area contributed by atoms with Crippen molar-refractivity contribution in [3.63, 3.8) is 0 Å². The largest absolute Gasteiger partial charge is 0.485 e. The molecule has 2 N–H and O–H groups in total. The summed E-state index contributed by atoms with van der Waals surface area (Å²) >= 11 is 0. The maximum absolute atomic E-state index is 12.4. The molecule has 0 saturated heterocycles. The second-order valence-electron chi connectivity index (χ2n) is 7.70. The molecule has 1 unspecified atom stereocenters. The molecule has 7 nitrogen and oxygen atoms in total. The topological polar surface area (TPSA) is 89.8 Å². The Morgan fingerprint density at radius 1 is 1.13 bits per heavy atom. The van der Waals surface area contributed by atoms with E-state index >= 15 is 0 Å². The number of hydrazine groups is 1. The summed E-state index contributed by atoms with van der Waals surface area (Å²) in [5.41, 5.74) is 8.74. The van der Waals surface area contributed by atoms with Crippen LogP contribution in [0, 0.1) is 6.92 Å². The fourth-order valence-electron chi connectivity index (χ4n) is 3.58. The van der Waals surface area contributed by atoms with Crippen LogP contribution in [0.15, 0.2) is 47.1 Å². The molecule has 0 spiro atoms. The first-order chi connectivity index (χ1) is 14.4. The number of rotatable bonds is 4. The predicted molar refractivity (Wildman–Crippen MR) is 111 cm³/mol. The third kappa shape index (κ3) is 3.96. The molecule has 30 heavy (non-hydrogen) atoms. The second kappa shape index (κ2) is 8.10. The van der Waals surface area contributed by atoms with Gasteiger partial charge in [0.05, 0.1) is 12.7 Å². The molecule has 2 amide bonds. The Morgan fingerprint density at radius 3 is 2.67 bits per heavy atom. The van der Waals surface area contributed by atoms with Gasteiger partial charge in [-0.25, -0.2) is 0 Å². The molecule has 1 aliphatic rings. The lowest BCUT2D eigenvalue weighted by Gasteiger charge is -2.25. The average molecular weight is 408 g/mol. The Morgan fingerprint density at radius 2 is 1.90 bits per heavy atom. The molecule has 2 aromatic carbocycles. The van der Waals surface area contributed by atoms with E-state index in [1.165, 1.54) is 5.56 Å². The summed E-state index contributed by atoms with van der Waals surface area (Å²) in [7, 11) is 0. The highest BCUT2D eigenvalue weighted by Gasteiger charge is 2.27. The van der Waals surface area contributed by atoms with Crippen molar-refractivity contribution in [2.45, 2.75) is 39.2 Å². The van der Waals surface area contributed by atoms with Gasteiger partial charge in [-0.1, -0.05) is 26.0 Å². The van der Waals surface area contributed by atoms with Crippen LogP contribution in [0.3, 0.4) is 0 Å². The van der Waals surface area contributed by atoms with Crippen LogP contribution in [-0.4, -0.2) is 24.5 Å². The summed E-state index contributed by atoms with van der Waals surface area (Å²) in [4.78, 5) is 24.7. The summed E-state index contributed by atoms with van der Waals surface area (Å²) in [6, 6.07) is 11.2. The first-order valence-corrected chi connectivity index (χ1v) is 9.90. The van der Waals surface area contributed by atoms with Gasteiger partial charge in [0, 0.05) is 10.9 Å². The van der Waals surface area contributed by atoms with Crippen molar-refractivity contribution in [2.75, 3.05) is 6.61 Å². The molecule has 2 heterocycles. The minimum Gasteiger partial charge on any atom is -0.485 e. The minimum atomic E-state index is -0.841. The van der Waals surface area contributed by atoms with Crippen molar-refractivity contribution in [3.8, 4) is 11.5 Å². The van der Waals surface area contributed by atoms with E-state index in [9.17, 15) is 9.59 Å². The van der Waals surface area contributed by atoms with E-state index in [2.05, 4.69) is 37.7 Å². The first-order valence-electron chi connectivity index (χ1n) is 9.90. The molecule has 0 saturated carbocycles. The van der Waals surface area contributed by atoms with Gasteiger partial charge >= 0.3 is 0 Å². The Balaban J connectivity index is 1.37. The number of amides is 2. The van der Waals surface area contributed by atoms with Crippen molar-refractivity contribution in [3.05, 3.63) is 59.4 Å². The molecule has 156 valence electrons. The molecule has 1 aliphatic heterocycles. The van der Waals surface area contributed by atoms with Gasteiger partial charge in [0.1, 0.15) is 12.2 Å². The lowest BCUT2D eigenvalue weighted by molar-refractivity contribution is -0.134. The molecule has 0 radical (unpaired) electrons. The fraction of sp³-hybridized carbons (Fsp3) is 0.304. The summed E-state index contributed by atoms with van der Waals surface area (Å²) < 4.78 is 16.8. The van der Waals surface area contributed by atoms with E-state index in [-0.39, 0.29) is 18.9 Å². The predicted octanol–water partition coefficient (Wildman–Crippen LogP) is 3.39. The van der Waals surface area contributed by atoms with Crippen LogP contribution in [0.1, 0.15) is 36.5 Å². The van der Waals surface area contributed by atoms with Crippen molar-refractivity contribution in [2.24, 2.45) is 0 Å². The smallest absolute Gasteiger partial charge is 0.283 e. The van der Waals surface area contributed by atoms with Gasteiger partial charge in [-0.2, -0.15) is 0 Å². The van der Waals surface area contributed by atoms with E-state index in [0.29, 0.717) is 17.4 Å². The summed E-state index contributed by atoms with van der Waals surface area (Å²) in [5.74, 6) is 0.625. The van der Waals surface area contributed by atoms with Crippen molar-refractivity contribution in [1.82, 2.24) is 10.9 Å². The van der Waals surface area contributed by atoms with E-state index < -0.39 is 12.0 Å². The summed E-state index contributed by atoms with van der Waals surface area (Å²) in [5, 5.41) is 0.909. The van der Waals surface area contributed by atoms with Crippen LogP contribution in [0.2, 0.25) is 0 Å². The normalized spacial score (nSPS) is 15.3. The highest BCUT2D eigenvalue weighted by atomic mass is 16.6. The quantitative estimate of drug-likeness (QED) is 0.646. The number of hydrogen-bond acceptors (Lipinski definition) is 5. The maximum Gasteiger partial charge on any atom is 0.283 e. The Kier molecular flexibility index (Phi) is 5.35. The lowest BCUT2D eigenvalue weighted by atomic mass is 9.95. The van der Waals surface area contributed by atoms with Crippen LogP contribution < -0.4 is 20.3 Å². The van der Waals surface area contributed by atoms with Crippen molar-refractivity contribution in [1.29, 1.82) is 0 Å². The number of hydrogen-bond donors (Lipinski definition) is 2. The Hall–Kier alpha value is -3.48. The molecule has 0 bridgehead atoms. The molecule has 0 fully saturated rings. The molecule has 3 aromatic rings. The zero-order chi connectivity index (χ0) is 21.3. The van der Waals surface area contributed by atoms with E-state index in [1.807, 2.05) is 12.1 Å². The number of para-hydroxylation sites is 2. The van der Waals surface area contributed by atoms with Crippen LogP contribution >= 0.6 is 0 Å². The minimum absolute atomic E-state index is 0.0718. The third-order valence-corrected chi connectivity index (χ3v) is 5.14. The SMILES string of the molecule is Cc1cc2occ(CC(=O)NNC(=O)C3COc4ccccc4O3)c2cc1C(C)C. The Bertz CT molecular complexity index is 1100. The van der Waals surface area contributed by atoms with Gasteiger partial charge < -0.3 is 13.9 Å². The van der Waals surface area contributed by atoms with Gasteiger partial charge in [-0.3, -0.25) is 20.4 Å². The molecule has 1 atom stereocenters. The van der Waals surface area contributed by atoms with E-state index in [1.54, 1.807) is 24.5 Å².